The second-order valence-electron chi connectivity index (χ2n) is 11.4. The molecule has 1 amide bonds. The van der Waals surface area contributed by atoms with Crippen molar-refractivity contribution in [2.24, 2.45) is 5.10 Å². The van der Waals surface area contributed by atoms with Crippen LogP contribution in [0, 0.1) is 0 Å². The van der Waals surface area contributed by atoms with Crippen molar-refractivity contribution in [2.75, 3.05) is 6.61 Å². The molecule has 15 nitrogen and oxygen atoms in total. The van der Waals surface area contributed by atoms with Crippen molar-refractivity contribution in [3.8, 4) is 11.5 Å². The number of benzene rings is 6. The summed E-state index contributed by atoms with van der Waals surface area (Å²) < 4.78 is 115. The van der Waals surface area contributed by atoms with Gasteiger partial charge in [0.25, 0.3) is 36.3 Å². The Hall–Kier alpha value is -5.50. The summed E-state index contributed by atoms with van der Waals surface area (Å²) >= 11 is 0. The minimum atomic E-state index is -5.09. The Bertz CT molecular complexity index is 2700. The van der Waals surface area contributed by atoms with Gasteiger partial charge in [-0.25, -0.2) is 5.43 Å². The van der Waals surface area contributed by atoms with Crippen molar-refractivity contribution in [3.05, 3.63) is 102 Å². The number of carbonyl (C=O) groups is 2. The van der Waals surface area contributed by atoms with E-state index in [1.165, 1.54) is 18.3 Å². The first kappa shape index (κ1) is 36.3. The Balaban J connectivity index is 1.25. The van der Waals surface area contributed by atoms with Crippen LogP contribution in [0.25, 0.3) is 32.3 Å². The number of nitrogens with one attached hydrogen (secondary N) is 1. The molecule has 52 heavy (non-hydrogen) atoms. The lowest BCUT2D eigenvalue weighted by Gasteiger charge is -2.18. The topological polar surface area (TPSA) is 240 Å². The van der Waals surface area contributed by atoms with Gasteiger partial charge in [0.05, 0.1) is 12.1 Å². The first-order valence-electron chi connectivity index (χ1n) is 15.0. The number of hydrogen-bond donors (Lipinski definition) is 4. The SMILES string of the molecule is C[C@@H](C(=O)Oc1ccc(/C=N\NC(=O)COc2cc(S(=O)(=O)O)c3ccc4c(S(=O)(=O)O)cc(S(=O)(=O)O)c5ccc2c3c54)cc1)c1ccccc1. The minimum absolute atomic E-state index is 0.0597. The number of ether oxygens (including phenoxy) is 2. The van der Waals surface area contributed by atoms with Crippen molar-refractivity contribution in [1.82, 2.24) is 5.43 Å². The fourth-order valence-corrected chi connectivity index (χ4v) is 7.89. The monoisotopic (exact) mass is 766 g/mol. The summed E-state index contributed by atoms with van der Waals surface area (Å²) in [5.41, 5.74) is 3.56. The van der Waals surface area contributed by atoms with E-state index in [2.05, 4.69) is 10.5 Å². The Kier molecular flexibility index (Phi) is 9.47. The van der Waals surface area contributed by atoms with Crippen LogP contribution in [0.15, 0.2) is 111 Å². The normalized spacial score (nSPS) is 13.2. The fraction of sp³-hybridized carbons (Fsp3) is 0.0882. The van der Waals surface area contributed by atoms with E-state index in [0.717, 1.165) is 23.8 Å². The maximum absolute atomic E-state index is 12.7. The Morgan fingerprint density at radius 1 is 0.712 bits per heavy atom. The molecule has 6 aromatic carbocycles. The second kappa shape index (κ2) is 13.6. The zero-order valence-electron chi connectivity index (χ0n) is 26.6. The van der Waals surface area contributed by atoms with Crippen LogP contribution in [-0.4, -0.2) is 63.6 Å². The second-order valence-corrected chi connectivity index (χ2v) is 15.6. The van der Waals surface area contributed by atoms with Gasteiger partial charge in [-0.3, -0.25) is 23.2 Å². The van der Waals surface area contributed by atoms with E-state index in [0.29, 0.717) is 17.4 Å². The molecule has 268 valence electrons. The van der Waals surface area contributed by atoms with Gasteiger partial charge in [-0.2, -0.15) is 30.4 Å². The number of carbonyl (C=O) groups excluding carboxylic acids is 2. The summed E-state index contributed by atoms with van der Waals surface area (Å²) in [6.07, 6.45) is 1.29. The lowest BCUT2D eigenvalue weighted by molar-refractivity contribution is -0.135. The summed E-state index contributed by atoms with van der Waals surface area (Å²) in [5, 5.41) is 2.95. The molecule has 4 N–H and O–H groups in total. The van der Waals surface area contributed by atoms with Crippen molar-refractivity contribution in [3.63, 3.8) is 0 Å². The first-order chi connectivity index (χ1) is 24.4. The summed E-state index contributed by atoms with van der Waals surface area (Å²) in [6.45, 7) is 0.986. The van der Waals surface area contributed by atoms with Crippen LogP contribution >= 0.6 is 0 Å². The number of hydrazone groups is 1. The van der Waals surface area contributed by atoms with Crippen molar-refractivity contribution >= 4 is 80.8 Å². The van der Waals surface area contributed by atoms with Crippen LogP contribution in [-0.2, 0) is 39.9 Å². The number of rotatable bonds is 11. The zero-order valence-corrected chi connectivity index (χ0v) is 29.1. The average Bonchev–Trinajstić information content (AvgIpc) is 3.08. The highest BCUT2D eigenvalue weighted by Crippen LogP contribution is 2.45. The molecular weight excluding hydrogens is 741 g/mol. The predicted molar refractivity (Wildman–Crippen MR) is 188 cm³/mol. The Morgan fingerprint density at radius 2 is 1.21 bits per heavy atom. The van der Waals surface area contributed by atoms with Crippen LogP contribution < -0.4 is 14.9 Å². The third-order valence-corrected chi connectivity index (χ3v) is 10.8. The highest BCUT2D eigenvalue weighted by atomic mass is 32.2. The van der Waals surface area contributed by atoms with Crippen molar-refractivity contribution in [2.45, 2.75) is 27.5 Å². The van der Waals surface area contributed by atoms with Crippen LogP contribution in [0.3, 0.4) is 0 Å². The van der Waals surface area contributed by atoms with Crippen molar-refractivity contribution < 1.29 is 58.0 Å². The van der Waals surface area contributed by atoms with Gasteiger partial charge in [0.15, 0.2) is 6.61 Å². The Morgan fingerprint density at radius 3 is 1.75 bits per heavy atom. The zero-order chi connectivity index (χ0) is 37.6. The summed E-state index contributed by atoms with van der Waals surface area (Å²) in [4.78, 5) is 22.7. The first-order valence-corrected chi connectivity index (χ1v) is 19.3. The molecule has 0 aliphatic carbocycles. The van der Waals surface area contributed by atoms with Gasteiger partial charge in [-0.1, -0.05) is 48.5 Å². The molecular formula is C34H26N2O13S3. The van der Waals surface area contributed by atoms with E-state index < -0.39 is 69.4 Å². The number of nitrogens with zero attached hydrogens (tertiary/aromatic N) is 1. The molecule has 6 aromatic rings. The van der Waals surface area contributed by atoms with E-state index in [1.807, 2.05) is 30.3 Å². The van der Waals surface area contributed by atoms with Gasteiger partial charge in [0.1, 0.15) is 26.2 Å². The molecule has 0 radical (unpaired) electrons. The van der Waals surface area contributed by atoms with Crippen LogP contribution in [0.2, 0.25) is 0 Å². The van der Waals surface area contributed by atoms with Gasteiger partial charge < -0.3 is 9.47 Å². The van der Waals surface area contributed by atoms with Gasteiger partial charge in [0, 0.05) is 38.4 Å². The highest BCUT2D eigenvalue weighted by molar-refractivity contribution is 7.87. The molecule has 18 heteroatoms. The molecule has 0 saturated carbocycles. The molecule has 6 rings (SSSR count). The smallest absolute Gasteiger partial charge is 0.318 e. The third-order valence-electron chi connectivity index (χ3n) is 8.09. The summed E-state index contributed by atoms with van der Waals surface area (Å²) in [7, 11) is -15.2. The molecule has 1 atom stereocenters. The van der Waals surface area contributed by atoms with Gasteiger partial charge in [-0.05, 0) is 54.4 Å². The lowest BCUT2D eigenvalue weighted by Crippen LogP contribution is -2.24. The number of esters is 1. The quantitative estimate of drug-likeness (QED) is 0.0354. The molecule has 0 aromatic heterocycles. The molecule has 0 heterocycles. The molecule has 0 spiro atoms. The van der Waals surface area contributed by atoms with Crippen LogP contribution in [0.4, 0.5) is 0 Å². The Labute approximate surface area is 296 Å². The van der Waals surface area contributed by atoms with E-state index in [4.69, 9.17) is 9.47 Å². The fourth-order valence-electron chi connectivity index (χ4n) is 5.68. The van der Waals surface area contributed by atoms with Gasteiger partial charge in [0.2, 0.25) is 0 Å². The average molecular weight is 767 g/mol. The summed E-state index contributed by atoms with van der Waals surface area (Å²) in [6, 6.07) is 21.6. The van der Waals surface area contributed by atoms with E-state index >= 15 is 0 Å². The molecule has 0 fully saturated rings. The largest absolute Gasteiger partial charge is 0.483 e. The number of amides is 1. The third kappa shape index (κ3) is 7.29. The van der Waals surface area contributed by atoms with Gasteiger partial charge in [-0.15, -0.1) is 0 Å². The molecule has 0 aliphatic rings. The lowest BCUT2D eigenvalue weighted by atomic mass is 9.93. The van der Waals surface area contributed by atoms with Crippen LogP contribution in [0.1, 0.15) is 24.0 Å². The highest BCUT2D eigenvalue weighted by Gasteiger charge is 2.28. The van der Waals surface area contributed by atoms with E-state index in [-0.39, 0.29) is 38.1 Å². The van der Waals surface area contributed by atoms with E-state index in [1.54, 1.807) is 31.2 Å². The molecule has 0 unspecified atom stereocenters. The van der Waals surface area contributed by atoms with Crippen LogP contribution in [0.5, 0.6) is 11.5 Å². The number of hydrogen-bond acceptors (Lipinski definition) is 11. The molecule has 0 aliphatic heterocycles. The molecule has 0 bridgehead atoms. The van der Waals surface area contributed by atoms with Crippen molar-refractivity contribution in [1.29, 1.82) is 0 Å². The molecule has 0 saturated heterocycles. The predicted octanol–water partition coefficient (Wildman–Crippen LogP) is 4.56. The van der Waals surface area contributed by atoms with E-state index in [9.17, 15) is 48.5 Å². The van der Waals surface area contributed by atoms with Gasteiger partial charge >= 0.3 is 5.97 Å². The maximum Gasteiger partial charge on any atom is 0.318 e. The minimum Gasteiger partial charge on any atom is -0.483 e. The summed E-state index contributed by atoms with van der Waals surface area (Å²) in [5.74, 6) is -1.73. The maximum atomic E-state index is 12.7. The standard InChI is InChI=1S/C34H26N2O13S3/c1-19(21-5-3-2-4-6-21)34(38)49-22-9-7-20(8-10-22)17-35-36-31(37)18-48-27-15-28(50(39,40)41)24-13-14-26-30(52(45,46)47)16-29(51(42,43)44)25-12-11-23(27)32(24)33(25)26/h2-17,19H,18H2,1H3,(H,36,37)(H,39,40,41)(H,42,43,44)(H,45,46,47)/b35-17-/t19-/m1/s1.